The molecule has 0 aromatic heterocycles. The predicted molar refractivity (Wildman–Crippen MR) is 106 cm³/mol. The van der Waals surface area contributed by atoms with Gasteiger partial charge in [0.25, 0.3) is 0 Å². The molecule has 0 unspecified atom stereocenters. The van der Waals surface area contributed by atoms with Gasteiger partial charge in [-0.15, -0.1) is 24.8 Å². The number of nitrogens with one attached hydrogen (secondary N) is 1. The van der Waals surface area contributed by atoms with Crippen LogP contribution in [0.1, 0.15) is 24.4 Å². The Hall–Kier alpha value is -1.06. The van der Waals surface area contributed by atoms with E-state index in [2.05, 4.69) is 64.8 Å². The molecule has 1 aliphatic carbocycles. The highest BCUT2D eigenvalue weighted by atomic mass is 35.5. The van der Waals surface area contributed by atoms with Crippen LogP contribution in [0.3, 0.4) is 0 Å². The highest BCUT2D eigenvalue weighted by Crippen LogP contribution is 2.44. The van der Waals surface area contributed by atoms with Crippen LogP contribution in [0.4, 0.5) is 0 Å². The monoisotopic (exact) mass is 364 g/mol. The lowest BCUT2D eigenvalue weighted by atomic mass is 9.96. The Bertz CT molecular complexity index is 605. The summed E-state index contributed by atoms with van der Waals surface area (Å²) in [5, 5.41) is 3.47. The predicted octanol–water partition coefficient (Wildman–Crippen LogP) is 4.55. The number of piperazine rings is 1. The van der Waals surface area contributed by atoms with Crippen molar-refractivity contribution in [2.24, 2.45) is 5.92 Å². The minimum absolute atomic E-state index is 0. The Balaban J connectivity index is 0.00000104. The molecule has 2 aliphatic rings. The lowest BCUT2D eigenvalue weighted by Gasteiger charge is -2.35. The molecule has 1 saturated carbocycles. The van der Waals surface area contributed by atoms with Crippen LogP contribution in [-0.2, 0) is 0 Å². The summed E-state index contributed by atoms with van der Waals surface area (Å²) in [6.45, 7) is 4.62. The van der Waals surface area contributed by atoms with Gasteiger partial charge in [0.15, 0.2) is 0 Å². The van der Waals surface area contributed by atoms with Crippen molar-refractivity contribution in [1.82, 2.24) is 10.2 Å². The standard InChI is InChI=1S/C20H24N2.2ClH/c1-2-4-16(5-3-1)17-6-8-18(9-7-17)20(19-10-11-19)22-14-12-21-13-15-22;;/h1-9,19-21H,10-15H2;2*1H/t20-;;/m1../s1. The van der Waals surface area contributed by atoms with E-state index in [0.717, 1.165) is 19.0 Å². The third kappa shape index (κ3) is 4.31. The fraction of sp³-hybridized carbons (Fsp3) is 0.400. The first-order chi connectivity index (χ1) is 10.9. The molecule has 2 aromatic carbocycles. The number of halogens is 2. The first-order valence-corrected chi connectivity index (χ1v) is 8.52. The van der Waals surface area contributed by atoms with E-state index in [-0.39, 0.29) is 24.8 Å². The fourth-order valence-corrected chi connectivity index (χ4v) is 3.66. The molecule has 4 rings (SSSR count). The van der Waals surface area contributed by atoms with Crippen LogP contribution in [0.5, 0.6) is 0 Å². The molecule has 1 atom stereocenters. The number of benzene rings is 2. The summed E-state index contributed by atoms with van der Waals surface area (Å²) >= 11 is 0. The smallest absolute Gasteiger partial charge is 0.0377 e. The van der Waals surface area contributed by atoms with Crippen LogP contribution in [-0.4, -0.2) is 31.1 Å². The molecular formula is C20H26Cl2N2. The number of nitrogens with zero attached hydrogens (tertiary/aromatic N) is 1. The highest BCUT2D eigenvalue weighted by Gasteiger charge is 2.36. The summed E-state index contributed by atoms with van der Waals surface area (Å²) in [7, 11) is 0. The van der Waals surface area contributed by atoms with Crippen LogP contribution in [0.2, 0.25) is 0 Å². The normalized spacial score (nSPS) is 19.0. The first kappa shape index (κ1) is 19.3. The van der Waals surface area contributed by atoms with Gasteiger partial charge in [-0.2, -0.15) is 0 Å². The molecule has 4 heteroatoms. The number of hydrogen-bond donors (Lipinski definition) is 1. The van der Waals surface area contributed by atoms with Crippen molar-refractivity contribution >= 4 is 24.8 Å². The highest BCUT2D eigenvalue weighted by molar-refractivity contribution is 5.85. The third-order valence-corrected chi connectivity index (χ3v) is 4.97. The maximum absolute atomic E-state index is 3.47. The Labute approximate surface area is 157 Å². The summed E-state index contributed by atoms with van der Waals surface area (Å²) in [5.74, 6) is 0.876. The molecule has 0 radical (unpaired) electrons. The van der Waals surface area contributed by atoms with Gasteiger partial charge < -0.3 is 5.32 Å². The van der Waals surface area contributed by atoms with Gasteiger partial charge in [0.05, 0.1) is 0 Å². The zero-order chi connectivity index (χ0) is 14.8. The van der Waals surface area contributed by atoms with Crippen LogP contribution in [0, 0.1) is 5.92 Å². The van der Waals surface area contributed by atoms with Crippen molar-refractivity contribution in [2.45, 2.75) is 18.9 Å². The zero-order valence-electron chi connectivity index (χ0n) is 13.9. The number of rotatable bonds is 4. The van der Waals surface area contributed by atoms with E-state index in [0.29, 0.717) is 6.04 Å². The van der Waals surface area contributed by atoms with Gasteiger partial charge in [-0.05, 0) is 35.4 Å². The molecule has 1 heterocycles. The van der Waals surface area contributed by atoms with Crippen molar-refractivity contribution in [3.63, 3.8) is 0 Å². The average molecular weight is 365 g/mol. The van der Waals surface area contributed by atoms with Gasteiger partial charge in [-0.3, -0.25) is 4.90 Å². The first-order valence-electron chi connectivity index (χ1n) is 8.52. The van der Waals surface area contributed by atoms with Crippen molar-refractivity contribution in [3.8, 4) is 11.1 Å². The minimum atomic E-state index is 0. The second kappa shape index (κ2) is 8.87. The molecule has 0 bridgehead atoms. The zero-order valence-corrected chi connectivity index (χ0v) is 15.5. The van der Waals surface area contributed by atoms with Gasteiger partial charge in [0, 0.05) is 32.2 Å². The average Bonchev–Trinajstić information content (AvgIpc) is 3.43. The molecule has 130 valence electrons. The maximum Gasteiger partial charge on any atom is 0.0377 e. The maximum atomic E-state index is 3.47. The third-order valence-electron chi connectivity index (χ3n) is 4.97. The summed E-state index contributed by atoms with van der Waals surface area (Å²) in [6.07, 6.45) is 2.80. The molecule has 1 aliphatic heterocycles. The van der Waals surface area contributed by atoms with Crippen molar-refractivity contribution in [1.29, 1.82) is 0 Å². The van der Waals surface area contributed by atoms with E-state index < -0.39 is 0 Å². The van der Waals surface area contributed by atoms with Crippen LogP contribution in [0.15, 0.2) is 54.6 Å². The number of hydrogen-bond acceptors (Lipinski definition) is 2. The van der Waals surface area contributed by atoms with Gasteiger partial charge in [0.1, 0.15) is 0 Å². The molecule has 0 amide bonds. The van der Waals surface area contributed by atoms with E-state index in [4.69, 9.17) is 0 Å². The second-order valence-electron chi connectivity index (χ2n) is 6.56. The van der Waals surface area contributed by atoms with Gasteiger partial charge in [0.2, 0.25) is 0 Å². The lowest BCUT2D eigenvalue weighted by molar-refractivity contribution is 0.156. The summed E-state index contributed by atoms with van der Waals surface area (Å²) in [4.78, 5) is 2.69. The molecule has 2 fully saturated rings. The van der Waals surface area contributed by atoms with Crippen LogP contribution in [0.25, 0.3) is 11.1 Å². The second-order valence-corrected chi connectivity index (χ2v) is 6.56. The Morgan fingerprint density at radius 1 is 0.792 bits per heavy atom. The van der Waals surface area contributed by atoms with Gasteiger partial charge >= 0.3 is 0 Å². The largest absolute Gasteiger partial charge is 0.314 e. The summed E-state index contributed by atoms with van der Waals surface area (Å²) in [6, 6.07) is 20.6. The Kier molecular flexibility index (Phi) is 7.12. The van der Waals surface area contributed by atoms with Crippen molar-refractivity contribution < 1.29 is 0 Å². The molecule has 1 N–H and O–H groups in total. The van der Waals surface area contributed by atoms with Crippen LogP contribution < -0.4 is 5.32 Å². The van der Waals surface area contributed by atoms with E-state index in [1.165, 1.54) is 42.6 Å². The Morgan fingerprint density at radius 3 is 1.96 bits per heavy atom. The van der Waals surface area contributed by atoms with Crippen molar-refractivity contribution in [3.05, 3.63) is 60.2 Å². The van der Waals surface area contributed by atoms with E-state index in [1.807, 2.05) is 0 Å². The van der Waals surface area contributed by atoms with E-state index in [9.17, 15) is 0 Å². The molecule has 0 spiro atoms. The van der Waals surface area contributed by atoms with E-state index in [1.54, 1.807) is 0 Å². The molecule has 1 saturated heterocycles. The molecule has 2 nitrogen and oxygen atoms in total. The molecule has 2 aromatic rings. The molecular weight excluding hydrogens is 339 g/mol. The Morgan fingerprint density at radius 2 is 1.38 bits per heavy atom. The van der Waals surface area contributed by atoms with Gasteiger partial charge in [-0.1, -0.05) is 54.6 Å². The van der Waals surface area contributed by atoms with Crippen LogP contribution >= 0.6 is 24.8 Å². The van der Waals surface area contributed by atoms with Crippen molar-refractivity contribution in [2.75, 3.05) is 26.2 Å². The minimum Gasteiger partial charge on any atom is -0.314 e. The quantitative estimate of drug-likeness (QED) is 0.855. The SMILES string of the molecule is Cl.Cl.c1ccc(-c2ccc([C@H](C3CC3)N3CCNCC3)cc2)cc1. The van der Waals surface area contributed by atoms with Gasteiger partial charge in [-0.25, -0.2) is 0 Å². The summed E-state index contributed by atoms with van der Waals surface area (Å²) < 4.78 is 0. The lowest BCUT2D eigenvalue weighted by Crippen LogP contribution is -2.45. The molecule has 24 heavy (non-hydrogen) atoms. The topological polar surface area (TPSA) is 15.3 Å². The summed E-state index contributed by atoms with van der Waals surface area (Å²) in [5.41, 5.74) is 4.13. The van der Waals surface area contributed by atoms with E-state index >= 15 is 0 Å². The fourth-order valence-electron chi connectivity index (χ4n) is 3.66.